The molecule has 1 saturated heterocycles. The number of halogens is 3. The number of hydrogen-bond acceptors (Lipinski definition) is 3. The molecule has 2 amide bonds. The number of amides is 2. The highest BCUT2D eigenvalue weighted by molar-refractivity contribution is 7.99. The van der Waals surface area contributed by atoms with E-state index in [-0.39, 0.29) is 11.8 Å². The van der Waals surface area contributed by atoms with Gasteiger partial charge in [0.25, 0.3) is 0 Å². The topological polar surface area (TPSA) is 49.4 Å². The predicted molar refractivity (Wildman–Crippen MR) is 125 cm³/mol. The van der Waals surface area contributed by atoms with E-state index < -0.39 is 0 Å². The molecule has 158 valence electrons. The molecular weight excluding hydrogens is 463 g/mol. The number of carbonyl (C=O) groups is 2. The van der Waals surface area contributed by atoms with Crippen LogP contribution in [0, 0.1) is 0 Å². The Morgan fingerprint density at radius 2 is 1.83 bits per heavy atom. The van der Waals surface area contributed by atoms with Crippen LogP contribution >= 0.6 is 46.6 Å². The van der Waals surface area contributed by atoms with Gasteiger partial charge in [0.2, 0.25) is 11.8 Å². The first kappa shape index (κ1) is 23.0. The number of nitrogens with one attached hydrogen (secondary N) is 1. The zero-order valence-electron chi connectivity index (χ0n) is 16.2. The third-order valence-corrected chi connectivity index (χ3v) is 6.81. The molecule has 0 aliphatic carbocycles. The van der Waals surface area contributed by atoms with Gasteiger partial charge in [-0.15, -0.1) is 0 Å². The second-order valence-corrected chi connectivity index (χ2v) is 9.16. The van der Waals surface area contributed by atoms with Crippen molar-refractivity contribution in [2.45, 2.75) is 29.1 Å². The zero-order chi connectivity index (χ0) is 21.5. The maximum Gasteiger partial charge on any atom is 0.244 e. The van der Waals surface area contributed by atoms with Crippen LogP contribution in [0.3, 0.4) is 0 Å². The van der Waals surface area contributed by atoms with Gasteiger partial charge < -0.3 is 10.2 Å². The molecule has 2 aromatic rings. The molecule has 0 atom stereocenters. The summed E-state index contributed by atoms with van der Waals surface area (Å²) in [6.07, 6.45) is 5.52. The summed E-state index contributed by atoms with van der Waals surface area (Å²) in [7, 11) is 0. The van der Waals surface area contributed by atoms with Crippen molar-refractivity contribution in [3.63, 3.8) is 0 Å². The maximum absolute atomic E-state index is 12.0. The molecule has 1 aliphatic rings. The molecular formula is C22H21Cl3N2O2S. The van der Waals surface area contributed by atoms with Crippen molar-refractivity contribution in [2.75, 3.05) is 19.6 Å². The first-order chi connectivity index (χ1) is 14.4. The summed E-state index contributed by atoms with van der Waals surface area (Å²) in [4.78, 5) is 27.1. The Morgan fingerprint density at radius 3 is 2.50 bits per heavy atom. The van der Waals surface area contributed by atoms with Crippen LogP contribution in [0.4, 0.5) is 0 Å². The Morgan fingerprint density at radius 1 is 1.10 bits per heavy atom. The molecule has 0 radical (unpaired) electrons. The molecule has 3 rings (SSSR count). The van der Waals surface area contributed by atoms with E-state index in [0.717, 1.165) is 34.7 Å². The molecule has 0 aromatic heterocycles. The second-order valence-electron chi connectivity index (χ2n) is 6.83. The maximum atomic E-state index is 12.0. The van der Waals surface area contributed by atoms with Crippen molar-refractivity contribution in [2.24, 2.45) is 0 Å². The van der Waals surface area contributed by atoms with E-state index >= 15 is 0 Å². The van der Waals surface area contributed by atoms with Gasteiger partial charge in [-0.25, -0.2) is 0 Å². The number of hydrogen-bond donors (Lipinski definition) is 1. The van der Waals surface area contributed by atoms with Crippen molar-refractivity contribution >= 4 is 64.5 Å². The minimum atomic E-state index is -0.176. The fraction of sp³-hybridized carbons (Fsp3) is 0.273. The van der Waals surface area contributed by atoms with Gasteiger partial charge in [-0.05, 0) is 54.8 Å². The fourth-order valence-corrected chi connectivity index (χ4v) is 4.68. The average Bonchev–Trinajstić information content (AvgIpc) is 3.12. The van der Waals surface area contributed by atoms with Crippen LogP contribution in [0.25, 0.3) is 6.08 Å². The number of carbonyl (C=O) groups excluding carboxylic acids is 2. The Bertz CT molecular complexity index is 965. The fourth-order valence-electron chi connectivity index (χ4n) is 3.03. The second kappa shape index (κ2) is 11.1. The number of nitrogens with zero attached hydrogens (tertiary/aromatic N) is 1. The molecule has 1 heterocycles. The Hall–Kier alpha value is -1.66. The third-order valence-electron chi connectivity index (χ3n) is 4.57. The Balaban J connectivity index is 1.48. The summed E-state index contributed by atoms with van der Waals surface area (Å²) in [5, 5.41) is 4.56. The zero-order valence-corrected chi connectivity index (χ0v) is 19.3. The minimum Gasteiger partial charge on any atom is -0.352 e. The number of rotatable bonds is 8. The normalized spacial score (nSPS) is 14.0. The highest BCUT2D eigenvalue weighted by atomic mass is 35.5. The van der Waals surface area contributed by atoms with Crippen LogP contribution in [-0.4, -0.2) is 36.3 Å². The van der Waals surface area contributed by atoms with Crippen LogP contribution in [0.15, 0.2) is 52.3 Å². The lowest BCUT2D eigenvalue weighted by molar-refractivity contribution is -0.127. The van der Waals surface area contributed by atoms with Crippen molar-refractivity contribution in [1.29, 1.82) is 0 Å². The van der Waals surface area contributed by atoms with Crippen LogP contribution in [0.1, 0.15) is 24.8 Å². The van der Waals surface area contributed by atoms with Gasteiger partial charge in [0.15, 0.2) is 0 Å². The van der Waals surface area contributed by atoms with Crippen LogP contribution in [0.2, 0.25) is 15.1 Å². The van der Waals surface area contributed by atoms with Gasteiger partial charge in [-0.3, -0.25) is 9.59 Å². The predicted octanol–water partition coefficient (Wildman–Crippen LogP) is 5.94. The summed E-state index contributed by atoms with van der Waals surface area (Å²) < 4.78 is 0. The van der Waals surface area contributed by atoms with Crippen molar-refractivity contribution in [1.82, 2.24) is 10.2 Å². The molecule has 1 fully saturated rings. The molecule has 0 saturated carbocycles. The van der Waals surface area contributed by atoms with E-state index in [1.165, 1.54) is 17.8 Å². The molecule has 2 aromatic carbocycles. The summed E-state index contributed by atoms with van der Waals surface area (Å²) in [6.45, 7) is 2.05. The molecule has 0 spiro atoms. The minimum absolute atomic E-state index is 0.176. The average molecular weight is 484 g/mol. The van der Waals surface area contributed by atoms with Crippen molar-refractivity contribution < 1.29 is 9.59 Å². The van der Waals surface area contributed by atoms with E-state index in [9.17, 15) is 9.59 Å². The van der Waals surface area contributed by atoms with Crippen molar-refractivity contribution in [3.05, 3.63) is 63.1 Å². The van der Waals surface area contributed by atoms with Gasteiger partial charge in [-0.1, -0.05) is 52.6 Å². The molecule has 0 bridgehead atoms. The monoisotopic (exact) mass is 482 g/mol. The summed E-state index contributed by atoms with van der Waals surface area (Å²) in [5.74, 6) is 0.0308. The standard InChI is InChI=1S/C22H21Cl3N2O2S/c23-16-6-8-20(18(25)14-16)30-19-7-4-15(13-17(19)24)5-9-21(28)26-10-2-12-27-11-1-3-22(27)29/h4-9,13-14H,1-3,10-12H2,(H,26,28)/b9-5+. The lowest BCUT2D eigenvalue weighted by Crippen LogP contribution is -2.29. The lowest BCUT2D eigenvalue weighted by atomic mass is 10.2. The van der Waals surface area contributed by atoms with E-state index in [4.69, 9.17) is 34.8 Å². The van der Waals surface area contributed by atoms with Crippen molar-refractivity contribution in [3.8, 4) is 0 Å². The third kappa shape index (κ3) is 6.67. The largest absolute Gasteiger partial charge is 0.352 e. The van der Waals surface area contributed by atoms with Crippen LogP contribution < -0.4 is 5.32 Å². The summed E-state index contributed by atoms with van der Waals surface area (Å²) in [5.41, 5.74) is 0.823. The highest BCUT2D eigenvalue weighted by Gasteiger charge is 2.18. The number of likely N-dealkylation sites (tertiary alicyclic amines) is 1. The molecule has 4 nitrogen and oxygen atoms in total. The van der Waals surface area contributed by atoms with E-state index in [1.54, 1.807) is 24.3 Å². The quantitative estimate of drug-likeness (QED) is 0.373. The van der Waals surface area contributed by atoms with E-state index in [1.807, 2.05) is 23.1 Å². The molecule has 30 heavy (non-hydrogen) atoms. The van der Waals surface area contributed by atoms with Crippen LogP contribution in [0.5, 0.6) is 0 Å². The first-order valence-corrected chi connectivity index (χ1v) is 11.5. The molecule has 1 N–H and O–H groups in total. The van der Waals surface area contributed by atoms with Crippen LogP contribution in [-0.2, 0) is 9.59 Å². The summed E-state index contributed by atoms with van der Waals surface area (Å²) in [6, 6.07) is 10.9. The molecule has 0 unspecified atom stereocenters. The van der Waals surface area contributed by atoms with Gasteiger partial charge in [0, 0.05) is 46.9 Å². The van der Waals surface area contributed by atoms with Gasteiger partial charge >= 0.3 is 0 Å². The molecule has 8 heteroatoms. The number of benzene rings is 2. The Labute approximate surface area is 195 Å². The smallest absolute Gasteiger partial charge is 0.244 e. The van der Waals surface area contributed by atoms with E-state index in [2.05, 4.69) is 5.32 Å². The van der Waals surface area contributed by atoms with Gasteiger partial charge in [0.05, 0.1) is 10.0 Å². The Kier molecular flexibility index (Phi) is 8.51. The van der Waals surface area contributed by atoms with E-state index in [0.29, 0.717) is 34.6 Å². The molecule has 1 aliphatic heterocycles. The lowest BCUT2D eigenvalue weighted by Gasteiger charge is -2.14. The van der Waals surface area contributed by atoms with Gasteiger partial charge in [-0.2, -0.15) is 0 Å². The first-order valence-electron chi connectivity index (χ1n) is 9.58. The highest BCUT2D eigenvalue weighted by Crippen LogP contribution is 2.38. The van der Waals surface area contributed by atoms with Gasteiger partial charge in [0.1, 0.15) is 0 Å². The summed E-state index contributed by atoms with van der Waals surface area (Å²) >= 11 is 20.0. The SMILES string of the molecule is O=C(/C=C/c1ccc(Sc2ccc(Cl)cc2Cl)c(Cl)c1)NCCCN1CCCC1=O.